The summed E-state index contributed by atoms with van der Waals surface area (Å²) in [4.78, 5) is 21.2. The summed E-state index contributed by atoms with van der Waals surface area (Å²) < 4.78 is 5.53. The summed E-state index contributed by atoms with van der Waals surface area (Å²) in [5.74, 6) is 0.570. The maximum atomic E-state index is 13.5. The normalized spacial score (nSPS) is 16.1. The van der Waals surface area contributed by atoms with E-state index in [1.165, 1.54) is 4.80 Å². The van der Waals surface area contributed by atoms with Crippen LogP contribution in [0.25, 0.3) is 17.1 Å². The predicted octanol–water partition coefficient (Wildman–Crippen LogP) is 4.60. The number of amides is 1. The fraction of sp³-hybridized carbons (Fsp3) is 0.190. The molecule has 0 spiro atoms. The first kappa shape index (κ1) is 19.7. The molecule has 5 rings (SSSR count). The van der Waals surface area contributed by atoms with Gasteiger partial charge in [-0.25, -0.2) is 0 Å². The van der Waals surface area contributed by atoms with Crippen molar-refractivity contribution in [2.45, 2.75) is 18.9 Å². The van der Waals surface area contributed by atoms with E-state index in [1.807, 2.05) is 18.2 Å². The van der Waals surface area contributed by atoms with Gasteiger partial charge in [0.05, 0.1) is 28.7 Å². The summed E-state index contributed by atoms with van der Waals surface area (Å²) >= 11 is 12.4. The molecule has 1 unspecified atom stereocenters. The van der Waals surface area contributed by atoms with Crippen LogP contribution < -0.4 is 0 Å². The molecule has 1 atom stereocenters. The van der Waals surface area contributed by atoms with Crippen LogP contribution in [0.1, 0.15) is 35.1 Å². The largest absolute Gasteiger partial charge is 0.337 e. The fourth-order valence-corrected chi connectivity index (χ4v) is 4.13. The molecule has 1 fully saturated rings. The number of carbonyl (C=O) groups excluding carboxylic acids is 1. The van der Waals surface area contributed by atoms with Crippen LogP contribution in [0.4, 0.5) is 0 Å². The highest BCUT2D eigenvalue weighted by molar-refractivity contribution is 6.33. The lowest BCUT2D eigenvalue weighted by atomic mass is 10.1. The third-order valence-corrected chi connectivity index (χ3v) is 5.74. The molecule has 156 valence electrons. The van der Waals surface area contributed by atoms with Gasteiger partial charge < -0.3 is 9.42 Å². The molecular weight excluding hydrogens is 439 g/mol. The lowest BCUT2D eigenvalue weighted by Gasteiger charge is -2.23. The highest BCUT2D eigenvalue weighted by Gasteiger charge is 2.36. The van der Waals surface area contributed by atoms with Crippen LogP contribution in [0.15, 0.2) is 59.4 Å². The number of benzene rings is 2. The van der Waals surface area contributed by atoms with Crippen molar-refractivity contribution in [2.75, 3.05) is 6.54 Å². The zero-order valence-corrected chi connectivity index (χ0v) is 17.7. The first-order chi connectivity index (χ1) is 15.1. The Balaban J connectivity index is 1.48. The zero-order chi connectivity index (χ0) is 21.4. The van der Waals surface area contributed by atoms with Gasteiger partial charge in [-0.05, 0) is 43.2 Å². The van der Waals surface area contributed by atoms with E-state index in [2.05, 4.69) is 20.3 Å². The lowest BCUT2D eigenvalue weighted by Crippen LogP contribution is -2.31. The van der Waals surface area contributed by atoms with Crippen molar-refractivity contribution in [3.05, 3.63) is 76.4 Å². The van der Waals surface area contributed by atoms with Crippen LogP contribution in [0.5, 0.6) is 0 Å². The number of likely N-dealkylation sites (tertiary alicyclic amines) is 1. The fourth-order valence-electron chi connectivity index (χ4n) is 3.74. The van der Waals surface area contributed by atoms with Crippen LogP contribution in [0.3, 0.4) is 0 Å². The van der Waals surface area contributed by atoms with E-state index in [9.17, 15) is 4.79 Å². The van der Waals surface area contributed by atoms with E-state index in [-0.39, 0.29) is 11.9 Å². The van der Waals surface area contributed by atoms with Gasteiger partial charge in [0.15, 0.2) is 0 Å². The van der Waals surface area contributed by atoms with Crippen LogP contribution in [-0.4, -0.2) is 42.5 Å². The van der Waals surface area contributed by atoms with Crippen molar-refractivity contribution in [1.29, 1.82) is 0 Å². The van der Waals surface area contributed by atoms with Crippen LogP contribution in [0, 0.1) is 0 Å². The predicted molar refractivity (Wildman–Crippen MR) is 114 cm³/mol. The minimum atomic E-state index is -0.339. The van der Waals surface area contributed by atoms with Gasteiger partial charge >= 0.3 is 0 Å². The standard InChI is InChI=1S/C21H16Cl2N6O2/c22-13-7-8-17(29-24-9-10-25-29)15(12-13)21(30)28-11-3-6-18(28)20-26-19(27-31-20)14-4-1-2-5-16(14)23/h1-2,4-5,7-10,12,18H,3,6,11H2. The summed E-state index contributed by atoms with van der Waals surface area (Å²) in [6, 6.07) is 12.0. The molecule has 1 aliphatic rings. The smallest absolute Gasteiger partial charge is 0.256 e. The maximum Gasteiger partial charge on any atom is 0.256 e. The maximum absolute atomic E-state index is 13.5. The Morgan fingerprint density at radius 3 is 2.71 bits per heavy atom. The summed E-state index contributed by atoms with van der Waals surface area (Å²) in [6.07, 6.45) is 4.63. The van der Waals surface area contributed by atoms with Gasteiger partial charge in [0.25, 0.3) is 5.91 Å². The molecule has 0 radical (unpaired) electrons. The van der Waals surface area contributed by atoms with Crippen molar-refractivity contribution in [2.24, 2.45) is 0 Å². The molecule has 3 heterocycles. The van der Waals surface area contributed by atoms with Crippen LogP contribution in [0.2, 0.25) is 10.0 Å². The van der Waals surface area contributed by atoms with Gasteiger partial charge in [0.1, 0.15) is 6.04 Å². The minimum Gasteiger partial charge on any atom is -0.337 e. The average Bonchev–Trinajstić information content (AvgIpc) is 3.54. The van der Waals surface area contributed by atoms with Crippen molar-refractivity contribution in [3.63, 3.8) is 0 Å². The number of hydrogen-bond donors (Lipinski definition) is 0. The van der Waals surface area contributed by atoms with Gasteiger partial charge in [-0.15, -0.1) is 0 Å². The van der Waals surface area contributed by atoms with E-state index < -0.39 is 0 Å². The van der Waals surface area contributed by atoms with Gasteiger partial charge in [0, 0.05) is 17.1 Å². The quantitative estimate of drug-likeness (QED) is 0.447. The molecule has 0 aliphatic carbocycles. The molecule has 1 saturated heterocycles. The Bertz CT molecular complexity index is 1240. The molecule has 2 aromatic heterocycles. The number of nitrogens with zero attached hydrogens (tertiary/aromatic N) is 6. The summed E-state index contributed by atoms with van der Waals surface area (Å²) in [7, 11) is 0. The molecule has 2 aromatic carbocycles. The Kier molecular flexibility index (Phi) is 5.17. The van der Waals surface area contributed by atoms with Gasteiger partial charge in [0.2, 0.25) is 11.7 Å². The lowest BCUT2D eigenvalue weighted by molar-refractivity contribution is 0.0709. The van der Waals surface area contributed by atoms with Crippen molar-refractivity contribution >= 4 is 29.1 Å². The number of rotatable bonds is 4. The third-order valence-electron chi connectivity index (χ3n) is 5.18. The highest BCUT2D eigenvalue weighted by Crippen LogP contribution is 2.35. The number of hydrogen-bond acceptors (Lipinski definition) is 6. The summed E-state index contributed by atoms with van der Waals surface area (Å²) in [6.45, 7) is 0.561. The van der Waals surface area contributed by atoms with Crippen molar-refractivity contribution in [3.8, 4) is 17.1 Å². The Hall–Kier alpha value is -3.23. The van der Waals surface area contributed by atoms with Gasteiger partial charge in [-0.2, -0.15) is 20.0 Å². The molecule has 1 aliphatic heterocycles. The Morgan fingerprint density at radius 2 is 1.90 bits per heavy atom. The third kappa shape index (κ3) is 3.68. The molecule has 4 aromatic rings. The number of halogens is 2. The Morgan fingerprint density at radius 1 is 1.10 bits per heavy atom. The first-order valence-corrected chi connectivity index (χ1v) is 10.4. The summed E-state index contributed by atoms with van der Waals surface area (Å²) in [5, 5.41) is 13.4. The molecule has 0 bridgehead atoms. The molecular formula is C21H16Cl2N6O2. The van der Waals surface area contributed by atoms with Crippen molar-refractivity contribution < 1.29 is 9.32 Å². The van der Waals surface area contributed by atoms with Crippen molar-refractivity contribution in [1.82, 2.24) is 30.0 Å². The Labute approximate surface area is 187 Å². The molecule has 10 heteroatoms. The SMILES string of the molecule is O=C(c1cc(Cl)ccc1-n1nccn1)N1CCCC1c1nc(-c2ccccc2Cl)no1. The van der Waals surface area contributed by atoms with Crippen LogP contribution in [-0.2, 0) is 0 Å². The topological polar surface area (TPSA) is 89.9 Å². The second-order valence-electron chi connectivity index (χ2n) is 7.07. The number of carbonyl (C=O) groups is 1. The second kappa shape index (κ2) is 8.13. The van der Waals surface area contributed by atoms with E-state index >= 15 is 0 Å². The minimum absolute atomic E-state index is 0.199. The average molecular weight is 455 g/mol. The van der Waals surface area contributed by atoms with E-state index in [0.29, 0.717) is 51.5 Å². The second-order valence-corrected chi connectivity index (χ2v) is 7.92. The molecule has 0 saturated carbocycles. The first-order valence-electron chi connectivity index (χ1n) is 9.67. The van der Waals surface area contributed by atoms with E-state index in [4.69, 9.17) is 27.7 Å². The van der Waals surface area contributed by atoms with E-state index in [1.54, 1.807) is 41.6 Å². The van der Waals surface area contributed by atoms with E-state index in [0.717, 1.165) is 6.42 Å². The highest BCUT2D eigenvalue weighted by atomic mass is 35.5. The molecule has 0 N–H and O–H groups in total. The molecule has 8 nitrogen and oxygen atoms in total. The summed E-state index contributed by atoms with van der Waals surface area (Å²) in [5.41, 5.74) is 1.63. The van der Waals surface area contributed by atoms with Gasteiger partial charge in [-0.3, -0.25) is 4.79 Å². The molecule has 31 heavy (non-hydrogen) atoms. The molecule has 1 amide bonds. The van der Waals surface area contributed by atoms with Crippen LogP contribution >= 0.6 is 23.2 Å². The van der Waals surface area contributed by atoms with Gasteiger partial charge in [-0.1, -0.05) is 40.5 Å². The monoisotopic (exact) mass is 454 g/mol. The zero-order valence-electron chi connectivity index (χ0n) is 16.2. The number of aromatic nitrogens is 5.